The molecule has 0 aliphatic heterocycles. The lowest BCUT2D eigenvalue weighted by Gasteiger charge is -2.24. The summed E-state index contributed by atoms with van der Waals surface area (Å²) >= 11 is 1.44. The molecule has 20 heavy (non-hydrogen) atoms. The number of carbonyl (C=O) groups excluding carboxylic acids is 1. The number of anilines is 1. The third kappa shape index (κ3) is 2.78. The molecule has 0 radical (unpaired) electrons. The highest BCUT2D eigenvalue weighted by atomic mass is 32.1. The van der Waals surface area contributed by atoms with Crippen molar-refractivity contribution < 1.29 is 9.18 Å². The van der Waals surface area contributed by atoms with Crippen molar-refractivity contribution in [1.29, 1.82) is 0 Å². The molecule has 2 aromatic rings. The number of para-hydroxylation sites is 1. The summed E-state index contributed by atoms with van der Waals surface area (Å²) in [4.78, 5) is 16.5. The lowest BCUT2D eigenvalue weighted by atomic mass is 10.0. The number of nitrogens with zero attached hydrogens (tertiary/aromatic N) is 1. The quantitative estimate of drug-likeness (QED) is 0.597. The molecule has 0 aliphatic carbocycles. The number of nitrogen functional groups attached to an aromatic ring is 1. The summed E-state index contributed by atoms with van der Waals surface area (Å²) in [7, 11) is 0. The Bertz CT molecular complexity index is 613. The normalized spacial score (nSPS) is 11.2. The van der Waals surface area contributed by atoms with Crippen LogP contribution < -0.4 is 16.6 Å². The van der Waals surface area contributed by atoms with E-state index < -0.39 is 17.3 Å². The summed E-state index contributed by atoms with van der Waals surface area (Å²) < 4.78 is 13.6. The lowest BCUT2D eigenvalue weighted by molar-refractivity contribution is 0.0912. The molecule has 2 rings (SSSR count). The van der Waals surface area contributed by atoms with E-state index in [1.54, 1.807) is 6.20 Å². The highest BCUT2D eigenvalue weighted by Gasteiger charge is 2.27. The van der Waals surface area contributed by atoms with E-state index in [2.05, 4.69) is 15.7 Å². The number of amides is 1. The predicted molar refractivity (Wildman–Crippen MR) is 76.8 cm³/mol. The molecule has 4 N–H and O–H groups in total. The second-order valence-electron chi connectivity index (χ2n) is 4.72. The minimum Gasteiger partial charge on any atom is -0.341 e. The average molecular weight is 294 g/mol. The molecule has 0 saturated heterocycles. The molecule has 7 heteroatoms. The molecule has 5 nitrogen and oxygen atoms in total. The summed E-state index contributed by atoms with van der Waals surface area (Å²) in [6.45, 7) is 3.66. The van der Waals surface area contributed by atoms with Crippen LogP contribution in [-0.4, -0.2) is 10.9 Å². The zero-order valence-electron chi connectivity index (χ0n) is 11.1. The number of nitrogens with two attached hydrogens (primary N) is 1. The second kappa shape index (κ2) is 5.56. The van der Waals surface area contributed by atoms with E-state index in [9.17, 15) is 9.18 Å². The fourth-order valence-corrected chi connectivity index (χ4v) is 2.51. The summed E-state index contributed by atoms with van der Waals surface area (Å²) in [6.07, 6.45) is 1.67. The van der Waals surface area contributed by atoms with Crippen molar-refractivity contribution in [3.63, 3.8) is 0 Å². The van der Waals surface area contributed by atoms with Crippen LogP contribution >= 0.6 is 11.3 Å². The lowest BCUT2D eigenvalue weighted by Crippen LogP contribution is -2.41. The van der Waals surface area contributed by atoms with Crippen LogP contribution in [0.5, 0.6) is 0 Å². The first-order valence-corrected chi connectivity index (χ1v) is 6.81. The summed E-state index contributed by atoms with van der Waals surface area (Å²) in [5.41, 5.74) is 1.69. The minimum atomic E-state index is -0.649. The average Bonchev–Trinajstić information content (AvgIpc) is 2.92. The highest BCUT2D eigenvalue weighted by Crippen LogP contribution is 2.24. The molecule has 0 fully saturated rings. The van der Waals surface area contributed by atoms with Crippen LogP contribution in [-0.2, 0) is 5.54 Å². The SMILES string of the molecule is CC(C)(NC(=O)c1cccc(F)c1NN)c1nccs1. The Hall–Kier alpha value is -1.99. The Morgan fingerprint density at radius 3 is 2.80 bits per heavy atom. The molecule has 0 unspecified atom stereocenters. The van der Waals surface area contributed by atoms with Crippen LogP contribution in [0.2, 0.25) is 0 Å². The number of thiazole rings is 1. The molecule has 0 atom stereocenters. The van der Waals surface area contributed by atoms with E-state index in [1.165, 1.54) is 29.5 Å². The van der Waals surface area contributed by atoms with Crippen LogP contribution in [0.3, 0.4) is 0 Å². The van der Waals surface area contributed by atoms with E-state index in [0.29, 0.717) is 0 Å². The Balaban J connectivity index is 2.27. The van der Waals surface area contributed by atoms with Gasteiger partial charge in [-0.25, -0.2) is 9.37 Å². The molecule has 0 saturated carbocycles. The number of hydrazine groups is 1. The largest absolute Gasteiger partial charge is 0.341 e. The molecule has 1 aromatic heterocycles. The second-order valence-corrected chi connectivity index (χ2v) is 5.62. The van der Waals surface area contributed by atoms with Gasteiger partial charge in [0.25, 0.3) is 5.91 Å². The van der Waals surface area contributed by atoms with Crippen molar-refractivity contribution in [3.8, 4) is 0 Å². The molecule has 0 spiro atoms. The van der Waals surface area contributed by atoms with Gasteiger partial charge in [-0.1, -0.05) is 6.07 Å². The Labute approximate surface area is 120 Å². The summed E-state index contributed by atoms with van der Waals surface area (Å²) in [6, 6.07) is 4.20. The summed E-state index contributed by atoms with van der Waals surface area (Å²) in [5, 5.41) is 5.42. The van der Waals surface area contributed by atoms with Gasteiger partial charge in [-0.2, -0.15) is 0 Å². The highest BCUT2D eigenvalue weighted by molar-refractivity contribution is 7.09. The number of hydrogen-bond donors (Lipinski definition) is 3. The monoisotopic (exact) mass is 294 g/mol. The third-order valence-corrected chi connectivity index (χ3v) is 3.89. The van der Waals surface area contributed by atoms with Gasteiger partial charge in [0.1, 0.15) is 10.8 Å². The number of benzene rings is 1. The first-order valence-electron chi connectivity index (χ1n) is 5.93. The number of halogens is 1. The molecule has 106 valence electrons. The maximum absolute atomic E-state index is 13.6. The number of hydrogen-bond acceptors (Lipinski definition) is 5. The summed E-state index contributed by atoms with van der Waals surface area (Å²) in [5.74, 6) is 4.27. The van der Waals surface area contributed by atoms with Crippen molar-refractivity contribution in [3.05, 3.63) is 46.2 Å². The van der Waals surface area contributed by atoms with Crippen molar-refractivity contribution in [2.45, 2.75) is 19.4 Å². The van der Waals surface area contributed by atoms with E-state index in [0.717, 1.165) is 5.01 Å². The van der Waals surface area contributed by atoms with Gasteiger partial charge in [0.2, 0.25) is 0 Å². The molecule has 1 heterocycles. The Kier molecular flexibility index (Phi) is 4.01. The maximum atomic E-state index is 13.6. The van der Waals surface area contributed by atoms with Gasteiger partial charge in [-0.3, -0.25) is 10.6 Å². The zero-order valence-corrected chi connectivity index (χ0v) is 11.9. The van der Waals surface area contributed by atoms with Gasteiger partial charge in [-0.15, -0.1) is 11.3 Å². The van der Waals surface area contributed by atoms with Crippen LogP contribution in [0.4, 0.5) is 10.1 Å². The predicted octanol–water partition coefficient (Wildman–Crippen LogP) is 2.23. The maximum Gasteiger partial charge on any atom is 0.254 e. The van der Waals surface area contributed by atoms with Crippen LogP contribution in [0.1, 0.15) is 29.2 Å². The van der Waals surface area contributed by atoms with E-state index in [1.807, 2.05) is 19.2 Å². The minimum absolute atomic E-state index is 0.0278. The van der Waals surface area contributed by atoms with E-state index in [-0.39, 0.29) is 11.3 Å². The Morgan fingerprint density at radius 1 is 1.45 bits per heavy atom. The van der Waals surface area contributed by atoms with Crippen LogP contribution in [0, 0.1) is 5.82 Å². The third-order valence-electron chi connectivity index (χ3n) is 2.80. The topological polar surface area (TPSA) is 80.0 Å². The van der Waals surface area contributed by atoms with Crippen molar-refractivity contribution in [2.75, 3.05) is 5.43 Å². The van der Waals surface area contributed by atoms with Gasteiger partial charge in [0.05, 0.1) is 16.8 Å². The molecule has 1 aromatic carbocycles. The molecule has 1 amide bonds. The van der Waals surface area contributed by atoms with Crippen LogP contribution in [0.25, 0.3) is 0 Å². The fourth-order valence-electron chi connectivity index (χ4n) is 1.80. The standard InChI is InChI=1S/C13H15FN4OS/c1-13(2,12-16-6-7-20-12)17-11(19)8-4-3-5-9(14)10(8)18-15/h3-7,18H,15H2,1-2H3,(H,17,19). The molecular formula is C13H15FN4OS. The first-order chi connectivity index (χ1) is 9.45. The molecular weight excluding hydrogens is 279 g/mol. The molecule has 0 aliphatic rings. The van der Waals surface area contributed by atoms with Crippen LogP contribution in [0.15, 0.2) is 29.8 Å². The molecule has 0 bridgehead atoms. The van der Waals surface area contributed by atoms with E-state index in [4.69, 9.17) is 5.84 Å². The van der Waals surface area contributed by atoms with Crippen molar-refractivity contribution in [2.24, 2.45) is 5.84 Å². The first kappa shape index (κ1) is 14.4. The van der Waals surface area contributed by atoms with Gasteiger partial charge in [-0.05, 0) is 26.0 Å². The van der Waals surface area contributed by atoms with Gasteiger partial charge >= 0.3 is 0 Å². The van der Waals surface area contributed by atoms with Crippen molar-refractivity contribution in [1.82, 2.24) is 10.3 Å². The number of carbonyl (C=O) groups is 1. The number of rotatable bonds is 4. The number of aromatic nitrogens is 1. The van der Waals surface area contributed by atoms with Crippen molar-refractivity contribution >= 4 is 22.9 Å². The number of nitrogens with one attached hydrogen (secondary N) is 2. The zero-order chi connectivity index (χ0) is 14.8. The fraction of sp³-hybridized carbons (Fsp3) is 0.231. The smallest absolute Gasteiger partial charge is 0.254 e. The van der Waals surface area contributed by atoms with Gasteiger partial charge in [0, 0.05) is 11.6 Å². The Morgan fingerprint density at radius 2 is 2.20 bits per heavy atom. The van der Waals surface area contributed by atoms with Gasteiger partial charge in [0.15, 0.2) is 0 Å². The van der Waals surface area contributed by atoms with E-state index >= 15 is 0 Å². The van der Waals surface area contributed by atoms with Gasteiger partial charge < -0.3 is 10.7 Å².